The van der Waals surface area contributed by atoms with Crippen LogP contribution in [-0.2, 0) is 11.3 Å². The molecule has 1 saturated heterocycles. The van der Waals surface area contributed by atoms with Crippen LogP contribution < -0.4 is 5.32 Å². The largest absolute Gasteiger partial charge is 0.337 e. The Morgan fingerprint density at radius 2 is 2.26 bits per heavy atom. The summed E-state index contributed by atoms with van der Waals surface area (Å²) >= 11 is 0. The van der Waals surface area contributed by atoms with Crippen LogP contribution in [0.25, 0.3) is 0 Å². The van der Waals surface area contributed by atoms with Crippen molar-refractivity contribution in [2.75, 3.05) is 19.6 Å². The van der Waals surface area contributed by atoms with Crippen LogP contribution in [0.3, 0.4) is 0 Å². The van der Waals surface area contributed by atoms with E-state index in [4.69, 9.17) is 0 Å². The molecule has 1 aliphatic heterocycles. The molecule has 2 heterocycles. The lowest BCUT2D eigenvalue weighted by Crippen LogP contribution is -2.38. The first-order valence-electron chi connectivity index (χ1n) is 6.61. The molecule has 1 aromatic heterocycles. The van der Waals surface area contributed by atoms with Gasteiger partial charge in [0.05, 0.1) is 18.2 Å². The van der Waals surface area contributed by atoms with Gasteiger partial charge in [-0.05, 0) is 31.5 Å². The Labute approximate surface area is 121 Å². The molecular weight excluding hydrogens is 262 g/mol. The number of rotatable bonds is 4. The molecule has 0 spiro atoms. The van der Waals surface area contributed by atoms with E-state index in [-0.39, 0.29) is 24.2 Å². The van der Waals surface area contributed by atoms with E-state index in [1.807, 2.05) is 30.0 Å². The van der Waals surface area contributed by atoms with Crippen LogP contribution in [0, 0.1) is 11.8 Å². The van der Waals surface area contributed by atoms with Gasteiger partial charge in [-0.3, -0.25) is 9.78 Å². The SMILES string of the molecule is CCN(Cc1ccccn1)C(=O)[C@@H]1CNC[C@H]1C.Cl. The fourth-order valence-corrected chi connectivity index (χ4v) is 2.41. The average Bonchev–Trinajstić information content (AvgIpc) is 2.82. The van der Waals surface area contributed by atoms with Gasteiger partial charge in [0.15, 0.2) is 0 Å². The summed E-state index contributed by atoms with van der Waals surface area (Å²) in [5.74, 6) is 0.796. The molecule has 0 aliphatic carbocycles. The van der Waals surface area contributed by atoms with Crippen molar-refractivity contribution in [3.63, 3.8) is 0 Å². The van der Waals surface area contributed by atoms with Crippen molar-refractivity contribution >= 4 is 18.3 Å². The molecule has 1 N–H and O–H groups in total. The van der Waals surface area contributed by atoms with E-state index >= 15 is 0 Å². The normalized spacial score (nSPS) is 21.8. The third-order valence-electron chi connectivity index (χ3n) is 3.61. The van der Waals surface area contributed by atoms with E-state index in [9.17, 15) is 4.79 Å². The molecule has 0 saturated carbocycles. The maximum absolute atomic E-state index is 12.4. The lowest BCUT2D eigenvalue weighted by atomic mass is 9.96. The first-order valence-corrected chi connectivity index (χ1v) is 6.61. The Kier molecular flexibility index (Phi) is 6.25. The van der Waals surface area contributed by atoms with Gasteiger partial charge >= 0.3 is 0 Å². The summed E-state index contributed by atoms with van der Waals surface area (Å²) < 4.78 is 0. The number of halogens is 1. The lowest BCUT2D eigenvalue weighted by molar-refractivity contribution is -0.136. The predicted octanol–water partition coefficient (Wildman–Crippen LogP) is 1.71. The number of hydrogen-bond acceptors (Lipinski definition) is 3. The zero-order valence-electron chi connectivity index (χ0n) is 11.5. The minimum absolute atomic E-state index is 0. The smallest absolute Gasteiger partial charge is 0.227 e. The Morgan fingerprint density at radius 3 is 2.79 bits per heavy atom. The van der Waals surface area contributed by atoms with Gasteiger partial charge in [-0.1, -0.05) is 13.0 Å². The topological polar surface area (TPSA) is 45.2 Å². The van der Waals surface area contributed by atoms with Gasteiger partial charge < -0.3 is 10.2 Å². The first kappa shape index (κ1) is 15.9. The number of carbonyl (C=O) groups excluding carboxylic acids is 1. The van der Waals surface area contributed by atoms with Gasteiger partial charge in [0.1, 0.15) is 0 Å². The van der Waals surface area contributed by atoms with Crippen LogP contribution >= 0.6 is 12.4 Å². The fourth-order valence-electron chi connectivity index (χ4n) is 2.41. The second kappa shape index (κ2) is 7.46. The number of aromatic nitrogens is 1. The summed E-state index contributed by atoms with van der Waals surface area (Å²) in [5.41, 5.74) is 0.950. The summed E-state index contributed by atoms with van der Waals surface area (Å²) in [5, 5.41) is 3.28. The van der Waals surface area contributed by atoms with Gasteiger partial charge in [0.2, 0.25) is 5.91 Å². The minimum Gasteiger partial charge on any atom is -0.337 e. The van der Waals surface area contributed by atoms with Crippen LogP contribution in [0.1, 0.15) is 19.5 Å². The molecule has 1 fully saturated rings. The molecule has 4 nitrogen and oxygen atoms in total. The highest BCUT2D eigenvalue weighted by Gasteiger charge is 2.32. The quantitative estimate of drug-likeness (QED) is 0.915. The van der Waals surface area contributed by atoms with Crippen molar-refractivity contribution < 1.29 is 4.79 Å². The zero-order valence-corrected chi connectivity index (χ0v) is 12.3. The monoisotopic (exact) mass is 283 g/mol. The highest BCUT2D eigenvalue weighted by Crippen LogP contribution is 2.19. The van der Waals surface area contributed by atoms with Gasteiger partial charge in [-0.15, -0.1) is 12.4 Å². The van der Waals surface area contributed by atoms with Gasteiger partial charge in [0.25, 0.3) is 0 Å². The molecule has 0 radical (unpaired) electrons. The highest BCUT2D eigenvalue weighted by atomic mass is 35.5. The fraction of sp³-hybridized carbons (Fsp3) is 0.571. The summed E-state index contributed by atoms with van der Waals surface area (Å²) in [4.78, 5) is 18.6. The second-order valence-electron chi connectivity index (χ2n) is 4.92. The molecule has 19 heavy (non-hydrogen) atoms. The van der Waals surface area contributed by atoms with Crippen LogP contribution in [0.2, 0.25) is 0 Å². The standard InChI is InChI=1S/C14H21N3O.ClH/c1-3-17(10-12-6-4-5-7-16-12)14(18)13-9-15-8-11(13)2;/h4-7,11,13,15H,3,8-10H2,1-2H3;1H/t11-,13-;/m1./s1. The van der Waals surface area contributed by atoms with E-state index in [1.54, 1.807) is 6.20 Å². The van der Waals surface area contributed by atoms with Crippen molar-refractivity contribution in [3.8, 4) is 0 Å². The maximum atomic E-state index is 12.4. The number of nitrogens with zero attached hydrogens (tertiary/aromatic N) is 2. The van der Waals surface area contributed by atoms with Gasteiger partial charge in [-0.2, -0.15) is 0 Å². The van der Waals surface area contributed by atoms with Crippen LogP contribution in [0.5, 0.6) is 0 Å². The lowest BCUT2D eigenvalue weighted by Gasteiger charge is -2.25. The number of amides is 1. The summed E-state index contributed by atoms with van der Waals surface area (Å²) in [6.45, 7) is 7.25. The summed E-state index contributed by atoms with van der Waals surface area (Å²) in [6.07, 6.45) is 1.77. The van der Waals surface area contributed by atoms with Crippen molar-refractivity contribution in [2.45, 2.75) is 20.4 Å². The van der Waals surface area contributed by atoms with Crippen molar-refractivity contribution in [1.29, 1.82) is 0 Å². The Balaban J connectivity index is 0.00000180. The molecule has 1 aliphatic rings. The molecule has 0 unspecified atom stereocenters. The Hall–Kier alpha value is -1.13. The molecule has 0 bridgehead atoms. The second-order valence-corrected chi connectivity index (χ2v) is 4.92. The van der Waals surface area contributed by atoms with E-state index < -0.39 is 0 Å². The van der Waals surface area contributed by atoms with Crippen LogP contribution in [0.15, 0.2) is 24.4 Å². The van der Waals surface area contributed by atoms with Crippen molar-refractivity contribution in [3.05, 3.63) is 30.1 Å². The van der Waals surface area contributed by atoms with Crippen LogP contribution in [-0.4, -0.2) is 35.4 Å². The van der Waals surface area contributed by atoms with Crippen molar-refractivity contribution in [2.24, 2.45) is 11.8 Å². The van der Waals surface area contributed by atoms with Gasteiger partial charge in [-0.25, -0.2) is 0 Å². The van der Waals surface area contributed by atoms with Crippen LogP contribution in [0.4, 0.5) is 0 Å². The Morgan fingerprint density at radius 1 is 1.47 bits per heavy atom. The summed E-state index contributed by atoms with van der Waals surface area (Å²) in [6, 6.07) is 5.82. The number of carbonyl (C=O) groups is 1. The molecule has 0 aromatic carbocycles. The molecule has 1 amide bonds. The van der Waals surface area contributed by atoms with Gasteiger partial charge in [0, 0.05) is 19.3 Å². The number of pyridine rings is 1. The minimum atomic E-state index is 0. The zero-order chi connectivity index (χ0) is 13.0. The molecule has 2 atom stereocenters. The molecule has 106 valence electrons. The summed E-state index contributed by atoms with van der Waals surface area (Å²) in [7, 11) is 0. The van der Waals surface area contributed by atoms with E-state index in [1.165, 1.54) is 0 Å². The molecular formula is C14H22ClN3O. The molecule has 1 aromatic rings. The third kappa shape index (κ3) is 3.91. The number of nitrogens with one attached hydrogen (secondary N) is 1. The third-order valence-corrected chi connectivity index (χ3v) is 3.61. The maximum Gasteiger partial charge on any atom is 0.227 e. The highest BCUT2D eigenvalue weighted by molar-refractivity contribution is 5.85. The average molecular weight is 284 g/mol. The predicted molar refractivity (Wildman–Crippen MR) is 78.1 cm³/mol. The van der Waals surface area contributed by atoms with E-state index in [2.05, 4.69) is 17.2 Å². The van der Waals surface area contributed by atoms with E-state index in [0.717, 1.165) is 25.3 Å². The van der Waals surface area contributed by atoms with E-state index in [0.29, 0.717) is 12.5 Å². The number of hydrogen-bond donors (Lipinski definition) is 1. The first-order chi connectivity index (χ1) is 8.72. The Bertz CT molecular complexity index is 399. The van der Waals surface area contributed by atoms with Crippen molar-refractivity contribution in [1.82, 2.24) is 15.2 Å². The molecule has 5 heteroatoms. The molecule has 2 rings (SSSR count).